The second kappa shape index (κ2) is 8.02. The Labute approximate surface area is 161 Å². The van der Waals surface area contributed by atoms with Crippen LogP contribution >= 0.6 is 11.3 Å². The van der Waals surface area contributed by atoms with E-state index in [9.17, 15) is 9.59 Å². The second-order valence-electron chi connectivity index (χ2n) is 6.90. The minimum absolute atomic E-state index is 0.0332. The summed E-state index contributed by atoms with van der Waals surface area (Å²) < 4.78 is 0.804. The number of aromatic amines is 1. The maximum Gasteiger partial charge on any atom is 0.305 e. The van der Waals surface area contributed by atoms with Crippen LogP contribution in [0.1, 0.15) is 18.5 Å². The maximum atomic E-state index is 12.8. The predicted molar refractivity (Wildman–Crippen MR) is 108 cm³/mol. The van der Waals surface area contributed by atoms with E-state index in [2.05, 4.69) is 20.2 Å². The first-order chi connectivity index (χ1) is 13.2. The van der Waals surface area contributed by atoms with Gasteiger partial charge < -0.3 is 15.2 Å². The van der Waals surface area contributed by atoms with E-state index >= 15 is 0 Å². The lowest BCUT2D eigenvalue weighted by Crippen LogP contribution is -2.41. The fourth-order valence-electron chi connectivity index (χ4n) is 3.60. The molecular weight excluding hydrogens is 360 g/mol. The van der Waals surface area contributed by atoms with E-state index in [1.165, 1.54) is 0 Å². The van der Waals surface area contributed by atoms with Gasteiger partial charge in [-0.15, -0.1) is 0 Å². The highest BCUT2D eigenvalue weighted by Gasteiger charge is 2.26. The van der Waals surface area contributed by atoms with Gasteiger partial charge in [0.25, 0.3) is 0 Å². The number of hydrogen-bond donors (Lipinski definition) is 2. The van der Waals surface area contributed by atoms with E-state index in [1.54, 1.807) is 0 Å². The van der Waals surface area contributed by atoms with Gasteiger partial charge in [0.05, 0.1) is 21.8 Å². The zero-order chi connectivity index (χ0) is 18.6. The van der Waals surface area contributed by atoms with Gasteiger partial charge >= 0.3 is 4.87 Å². The van der Waals surface area contributed by atoms with E-state index in [0.29, 0.717) is 5.69 Å². The standard InChI is InChI=1S/C20H22N4O2S/c25-19(22-16-7-3-8-17-18(16)27-20(26)23-17)14-5-4-11-24(13-14)12-9-15-6-1-2-10-21-15/h1-3,6-8,10,14H,4-5,9,11-13H2,(H,22,25)(H,23,26)/t14-/m0/s1. The van der Waals surface area contributed by atoms with Gasteiger partial charge in [0.2, 0.25) is 5.91 Å². The quantitative estimate of drug-likeness (QED) is 0.711. The molecule has 6 nitrogen and oxygen atoms in total. The van der Waals surface area contributed by atoms with E-state index in [1.807, 2.05) is 42.6 Å². The molecule has 1 aliphatic heterocycles. The summed E-state index contributed by atoms with van der Waals surface area (Å²) in [6.45, 7) is 2.69. The molecule has 2 N–H and O–H groups in total. The normalized spacial score (nSPS) is 17.9. The number of piperidine rings is 1. The van der Waals surface area contributed by atoms with Crippen LogP contribution in [0.15, 0.2) is 47.4 Å². The fourth-order valence-corrected chi connectivity index (χ4v) is 4.40. The Balaban J connectivity index is 1.38. The topological polar surface area (TPSA) is 78.1 Å². The molecule has 3 heterocycles. The summed E-state index contributed by atoms with van der Waals surface area (Å²) in [5.74, 6) is -0.000660. The molecule has 0 radical (unpaired) electrons. The molecule has 7 heteroatoms. The molecule has 0 unspecified atom stereocenters. The van der Waals surface area contributed by atoms with Crippen molar-refractivity contribution in [1.29, 1.82) is 0 Å². The lowest BCUT2D eigenvalue weighted by molar-refractivity contribution is -0.121. The van der Waals surface area contributed by atoms with Gasteiger partial charge in [-0.1, -0.05) is 23.5 Å². The largest absolute Gasteiger partial charge is 0.324 e. The van der Waals surface area contributed by atoms with Gasteiger partial charge in [-0.3, -0.25) is 14.6 Å². The first kappa shape index (κ1) is 17.9. The molecule has 0 aliphatic carbocycles. The first-order valence-corrected chi connectivity index (χ1v) is 10.1. The average molecular weight is 382 g/mol. The molecule has 1 amide bonds. The predicted octanol–water partition coefficient (Wildman–Crippen LogP) is 2.88. The molecule has 4 rings (SSSR count). The number of H-pyrrole nitrogens is 1. The van der Waals surface area contributed by atoms with Gasteiger partial charge in [-0.25, -0.2) is 0 Å². The number of nitrogens with one attached hydrogen (secondary N) is 2. The average Bonchev–Trinajstić information content (AvgIpc) is 3.09. The number of likely N-dealkylation sites (tertiary alicyclic amines) is 1. The SMILES string of the molecule is O=C(Nc1cccc2[nH]c(=O)sc12)[C@H]1CCCN(CCc2ccccn2)C1. The van der Waals surface area contributed by atoms with Crippen molar-refractivity contribution in [3.8, 4) is 0 Å². The Morgan fingerprint density at radius 1 is 1.30 bits per heavy atom. The van der Waals surface area contributed by atoms with Crippen LogP contribution in [0.3, 0.4) is 0 Å². The molecule has 2 aromatic heterocycles. The lowest BCUT2D eigenvalue weighted by Gasteiger charge is -2.31. The van der Waals surface area contributed by atoms with Gasteiger partial charge in [-0.2, -0.15) is 0 Å². The Hall–Kier alpha value is -2.51. The zero-order valence-corrected chi connectivity index (χ0v) is 15.8. The number of nitrogens with zero attached hydrogens (tertiary/aromatic N) is 2. The molecule has 140 valence electrons. The fraction of sp³-hybridized carbons (Fsp3) is 0.350. The van der Waals surface area contributed by atoms with Crippen molar-refractivity contribution in [3.05, 3.63) is 58.0 Å². The van der Waals surface area contributed by atoms with Crippen LogP contribution in [-0.4, -0.2) is 40.4 Å². The molecule has 0 bridgehead atoms. The highest BCUT2D eigenvalue weighted by molar-refractivity contribution is 7.17. The van der Waals surface area contributed by atoms with Crippen LogP contribution in [0.25, 0.3) is 10.2 Å². The number of amides is 1. The number of pyridine rings is 1. The van der Waals surface area contributed by atoms with Crippen LogP contribution in [0.4, 0.5) is 5.69 Å². The van der Waals surface area contributed by atoms with Crippen molar-refractivity contribution >= 4 is 33.1 Å². The number of benzene rings is 1. The highest BCUT2D eigenvalue weighted by Crippen LogP contribution is 2.26. The minimum Gasteiger partial charge on any atom is -0.324 e. The van der Waals surface area contributed by atoms with Crippen molar-refractivity contribution in [2.45, 2.75) is 19.3 Å². The number of thiazole rings is 1. The molecule has 27 heavy (non-hydrogen) atoms. The molecule has 1 fully saturated rings. The third kappa shape index (κ3) is 4.26. The van der Waals surface area contributed by atoms with Crippen LogP contribution in [0.5, 0.6) is 0 Å². The second-order valence-corrected chi connectivity index (χ2v) is 7.88. The van der Waals surface area contributed by atoms with Gasteiger partial charge in [0.15, 0.2) is 0 Å². The maximum absolute atomic E-state index is 12.8. The van der Waals surface area contributed by atoms with Crippen molar-refractivity contribution in [2.75, 3.05) is 25.0 Å². The van der Waals surface area contributed by atoms with Gasteiger partial charge in [-0.05, 0) is 43.7 Å². The molecule has 1 aromatic carbocycles. The number of aromatic nitrogens is 2. The third-order valence-corrected chi connectivity index (χ3v) is 5.92. The molecule has 0 spiro atoms. The van der Waals surface area contributed by atoms with E-state index in [4.69, 9.17) is 0 Å². The van der Waals surface area contributed by atoms with Gasteiger partial charge in [0, 0.05) is 31.4 Å². The molecule has 1 aliphatic rings. The Bertz CT molecular complexity index is 982. The Morgan fingerprint density at radius 2 is 2.22 bits per heavy atom. The summed E-state index contributed by atoms with van der Waals surface area (Å²) >= 11 is 1.13. The number of carbonyl (C=O) groups is 1. The lowest BCUT2D eigenvalue weighted by atomic mass is 9.96. The summed E-state index contributed by atoms with van der Waals surface area (Å²) in [6.07, 6.45) is 4.62. The number of hydrogen-bond acceptors (Lipinski definition) is 5. The summed E-state index contributed by atoms with van der Waals surface area (Å²) in [6, 6.07) is 11.5. The summed E-state index contributed by atoms with van der Waals surface area (Å²) in [4.78, 5) is 33.8. The Kier molecular flexibility index (Phi) is 5.31. The van der Waals surface area contributed by atoms with Crippen molar-refractivity contribution in [1.82, 2.24) is 14.9 Å². The van der Waals surface area contributed by atoms with Gasteiger partial charge in [0.1, 0.15) is 0 Å². The van der Waals surface area contributed by atoms with E-state index < -0.39 is 0 Å². The molecule has 3 aromatic rings. The van der Waals surface area contributed by atoms with Crippen LogP contribution in [0.2, 0.25) is 0 Å². The molecule has 0 saturated carbocycles. The molecular formula is C20H22N4O2S. The number of rotatable bonds is 5. The van der Waals surface area contributed by atoms with Crippen molar-refractivity contribution < 1.29 is 4.79 Å². The summed E-state index contributed by atoms with van der Waals surface area (Å²) in [7, 11) is 0. The Morgan fingerprint density at radius 3 is 3.07 bits per heavy atom. The number of anilines is 1. The van der Waals surface area contributed by atoms with Crippen LogP contribution in [0, 0.1) is 5.92 Å². The first-order valence-electron chi connectivity index (χ1n) is 9.24. The smallest absolute Gasteiger partial charge is 0.305 e. The van der Waals surface area contributed by atoms with Crippen molar-refractivity contribution in [3.63, 3.8) is 0 Å². The monoisotopic (exact) mass is 382 g/mol. The number of carbonyl (C=O) groups excluding carboxylic acids is 1. The van der Waals surface area contributed by atoms with Crippen LogP contribution in [-0.2, 0) is 11.2 Å². The third-order valence-electron chi connectivity index (χ3n) is 4.99. The van der Waals surface area contributed by atoms with E-state index in [0.717, 1.165) is 66.1 Å². The zero-order valence-electron chi connectivity index (χ0n) is 15.0. The van der Waals surface area contributed by atoms with E-state index in [-0.39, 0.29) is 16.7 Å². The summed E-state index contributed by atoms with van der Waals surface area (Å²) in [5.41, 5.74) is 2.56. The number of fused-ring (bicyclic) bond motifs is 1. The highest BCUT2D eigenvalue weighted by atomic mass is 32.1. The van der Waals surface area contributed by atoms with Crippen molar-refractivity contribution in [2.24, 2.45) is 5.92 Å². The van der Waals surface area contributed by atoms with Crippen LogP contribution < -0.4 is 10.2 Å². The molecule has 1 saturated heterocycles. The summed E-state index contributed by atoms with van der Waals surface area (Å²) in [5, 5.41) is 3.04. The minimum atomic E-state index is -0.106. The molecule has 1 atom stereocenters.